The summed E-state index contributed by atoms with van der Waals surface area (Å²) in [4.78, 5) is 13.9. The Bertz CT molecular complexity index is 459. The van der Waals surface area contributed by atoms with Gasteiger partial charge in [0.1, 0.15) is 0 Å². The maximum absolute atomic E-state index is 12.0. The number of hydrogen-bond acceptors (Lipinski definition) is 4. The van der Waals surface area contributed by atoms with Gasteiger partial charge in [-0.3, -0.25) is 9.69 Å². The van der Waals surface area contributed by atoms with Crippen LogP contribution in [0.4, 0.5) is 11.4 Å². The number of nitriles is 1. The van der Waals surface area contributed by atoms with Gasteiger partial charge in [0.15, 0.2) is 0 Å². The number of para-hydroxylation sites is 1. The van der Waals surface area contributed by atoms with Crippen LogP contribution in [0.5, 0.6) is 0 Å². The van der Waals surface area contributed by atoms with Crippen molar-refractivity contribution < 1.29 is 4.79 Å². The molecular weight excluding hydrogens is 240 g/mol. The molecule has 1 aromatic rings. The quantitative estimate of drug-likeness (QED) is 0.763. The Balaban J connectivity index is 2.62. The summed E-state index contributed by atoms with van der Waals surface area (Å²) < 4.78 is 0. The molecular formula is C14H20N4O. The number of rotatable bonds is 6. The fraction of sp³-hybridized carbons (Fsp3) is 0.429. The first-order valence-corrected chi connectivity index (χ1v) is 6.32. The van der Waals surface area contributed by atoms with Crippen LogP contribution in [0.3, 0.4) is 0 Å². The number of aryl methyl sites for hydroxylation is 1. The third-order valence-corrected chi connectivity index (χ3v) is 2.92. The summed E-state index contributed by atoms with van der Waals surface area (Å²) in [5.74, 6) is -0.110. The molecule has 0 radical (unpaired) electrons. The number of carbonyl (C=O) groups excluding carboxylic acids is 1. The predicted molar refractivity (Wildman–Crippen MR) is 76.6 cm³/mol. The Kier molecular flexibility index (Phi) is 5.83. The molecule has 0 aromatic heterocycles. The van der Waals surface area contributed by atoms with Gasteiger partial charge in [-0.15, -0.1) is 0 Å². The Hall–Kier alpha value is -2.06. The van der Waals surface area contributed by atoms with Gasteiger partial charge in [-0.1, -0.05) is 19.1 Å². The number of benzene rings is 1. The molecule has 0 aliphatic rings. The Morgan fingerprint density at radius 1 is 1.53 bits per heavy atom. The lowest BCUT2D eigenvalue weighted by atomic mass is 10.1. The highest BCUT2D eigenvalue weighted by molar-refractivity contribution is 5.96. The second kappa shape index (κ2) is 7.39. The summed E-state index contributed by atoms with van der Waals surface area (Å²) in [7, 11) is 0. The zero-order valence-electron chi connectivity index (χ0n) is 11.4. The molecule has 0 bridgehead atoms. The lowest BCUT2D eigenvalue weighted by Gasteiger charge is -2.19. The van der Waals surface area contributed by atoms with Crippen LogP contribution in [0.2, 0.25) is 0 Å². The highest BCUT2D eigenvalue weighted by Gasteiger charge is 2.11. The van der Waals surface area contributed by atoms with Crippen LogP contribution in [0, 0.1) is 18.3 Å². The van der Waals surface area contributed by atoms with Gasteiger partial charge < -0.3 is 11.1 Å². The van der Waals surface area contributed by atoms with Gasteiger partial charge in [0.25, 0.3) is 0 Å². The lowest BCUT2D eigenvalue weighted by molar-refractivity contribution is -0.117. The van der Waals surface area contributed by atoms with Crippen molar-refractivity contribution in [2.45, 2.75) is 20.3 Å². The molecule has 1 rings (SSSR count). The molecule has 0 fully saturated rings. The van der Waals surface area contributed by atoms with Crippen molar-refractivity contribution in [2.75, 3.05) is 30.7 Å². The minimum atomic E-state index is -0.110. The van der Waals surface area contributed by atoms with Crippen molar-refractivity contribution in [3.63, 3.8) is 0 Å². The Labute approximate surface area is 114 Å². The monoisotopic (exact) mass is 260 g/mol. The maximum atomic E-state index is 12.0. The van der Waals surface area contributed by atoms with E-state index in [0.29, 0.717) is 24.3 Å². The molecule has 19 heavy (non-hydrogen) atoms. The van der Waals surface area contributed by atoms with E-state index in [1.165, 1.54) is 0 Å². The summed E-state index contributed by atoms with van der Waals surface area (Å²) in [5, 5.41) is 11.4. The first kappa shape index (κ1) is 15.0. The molecule has 1 amide bonds. The molecule has 0 saturated heterocycles. The number of hydrogen-bond donors (Lipinski definition) is 2. The summed E-state index contributed by atoms with van der Waals surface area (Å²) in [6.07, 6.45) is 0.424. The third kappa shape index (κ3) is 4.60. The largest absolute Gasteiger partial charge is 0.397 e. The smallest absolute Gasteiger partial charge is 0.238 e. The van der Waals surface area contributed by atoms with E-state index in [2.05, 4.69) is 11.4 Å². The number of amides is 1. The molecule has 5 heteroatoms. The van der Waals surface area contributed by atoms with Gasteiger partial charge in [0.05, 0.1) is 24.0 Å². The lowest BCUT2D eigenvalue weighted by Crippen LogP contribution is -2.34. The van der Waals surface area contributed by atoms with E-state index >= 15 is 0 Å². The number of nitrogens with two attached hydrogens (primary N) is 1. The molecule has 0 saturated carbocycles. The Morgan fingerprint density at radius 2 is 2.26 bits per heavy atom. The number of carbonyl (C=O) groups is 1. The van der Waals surface area contributed by atoms with E-state index in [-0.39, 0.29) is 12.5 Å². The zero-order chi connectivity index (χ0) is 14.3. The van der Waals surface area contributed by atoms with Crippen LogP contribution in [-0.2, 0) is 4.79 Å². The van der Waals surface area contributed by atoms with Crippen molar-refractivity contribution in [1.82, 2.24) is 4.90 Å². The molecule has 102 valence electrons. The van der Waals surface area contributed by atoms with Crippen LogP contribution in [0.15, 0.2) is 18.2 Å². The van der Waals surface area contributed by atoms with Gasteiger partial charge >= 0.3 is 0 Å². The fourth-order valence-electron chi connectivity index (χ4n) is 1.80. The maximum Gasteiger partial charge on any atom is 0.238 e. The molecule has 1 aromatic carbocycles. The normalized spacial score (nSPS) is 10.2. The molecule has 0 spiro atoms. The second-order valence-corrected chi connectivity index (χ2v) is 4.36. The van der Waals surface area contributed by atoms with Crippen LogP contribution >= 0.6 is 0 Å². The highest BCUT2D eigenvalue weighted by Crippen LogP contribution is 2.22. The standard InChI is InChI=1S/C14H20N4O/c1-3-18(9-5-8-15)10-13(19)17-14-11(2)6-4-7-12(14)16/h4,6-7H,3,5,9-10,16H2,1-2H3,(H,17,19). The van der Waals surface area contributed by atoms with E-state index in [4.69, 9.17) is 11.0 Å². The minimum absolute atomic E-state index is 0.110. The van der Waals surface area contributed by atoms with Crippen LogP contribution in [0.1, 0.15) is 18.9 Å². The topological polar surface area (TPSA) is 82.2 Å². The van der Waals surface area contributed by atoms with E-state index in [0.717, 1.165) is 12.1 Å². The number of nitrogens with one attached hydrogen (secondary N) is 1. The van der Waals surface area contributed by atoms with Crippen LogP contribution < -0.4 is 11.1 Å². The van der Waals surface area contributed by atoms with Gasteiger partial charge in [0.2, 0.25) is 5.91 Å². The number of likely N-dealkylation sites (N-methyl/N-ethyl adjacent to an activating group) is 1. The molecule has 0 unspecified atom stereocenters. The van der Waals surface area contributed by atoms with E-state index in [1.54, 1.807) is 6.07 Å². The van der Waals surface area contributed by atoms with Crippen molar-refractivity contribution in [1.29, 1.82) is 5.26 Å². The first-order valence-electron chi connectivity index (χ1n) is 6.32. The van der Waals surface area contributed by atoms with Crippen LogP contribution in [0.25, 0.3) is 0 Å². The molecule has 0 aliphatic carbocycles. The van der Waals surface area contributed by atoms with Gasteiger partial charge in [-0.2, -0.15) is 5.26 Å². The minimum Gasteiger partial charge on any atom is -0.397 e. The number of anilines is 2. The summed E-state index contributed by atoms with van der Waals surface area (Å²) in [6.45, 7) is 5.47. The second-order valence-electron chi connectivity index (χ2n) is 4.36. The van der Waals surface area contributed by atoms with E-state index in [9.17, 15) is 4.79 Å². The summed E-state index contributed by atoms with van der Waals surface area (Å²) in [6, 6.07) is 7.59. The summed E-state index contributed by atoms with van der Waals surface area (Å²) >= 11 is 0. The number of nitrogens with zero attached hydrogens (tertiary/aromatic N) is 2. The van der Waals surface area contributed by atoms with Gasteiger partial charge in [0, 0.05) is 13.0 Å². The van der Waals surface area contributed by atoms with E-state index in [1.807, 2.05) is 30.9 Å². The summed E-state index contributed by atoms with van der Waals surface area (Å²) in [5.41, 5.74) is 8.01. The van der Waals surface area contributed by atoms with Crippen molar-refractivity contribution in [2.24, 2.45) is 0 Å². The Morgan fingerprint density at radius 3 is 2.84 bits per heavy atom. The SMILES string of the molecule is CCN(CCC#N)CC(=O)Nc1c(C)cccc1N. The highest BCUT2D eigenvalue weighted by atomic mass is 16.2. The number of nitrogen functional groups attached to an aromatic ring is 1. The molecule has 0 aliphatic heterocycles. The predicted octanol–water partition coefficient (Wildman–Crippen LogP) is 1.75. The van der Waals surface area contributed by atoms with Crippen molar-refractivity contribution >= 4 is 17.3 Å². The fourth-order valence-corrected chi connectivity index (χ4v) is 1.80. The average Bonchev–Trinajstić information content (AvgIpc) is 2.39. The third-order valence-electron chi connectivity index (χ3n) is 2.92. The molecule has 5 nitrogen and oxygen atoms in total. The average molecular weight is 260 g/mol. The first-order chi connectivity index (χ1) is 9.08. The van der Waals surface area contributed by atoms with Crippen molar-refractivity contribution in [3.8, 4) is 6.07 Å². The van der Waals surface area contributed by atoms with Crippen LogP contribution in [-0.4, -0.2) is 30.4 Å². The van der Waals surface area contributed by atoms with Gasteiger partial charge in [-0.05, 0) is 25.1 Å². The molecule has 0 atom stereocenters. The van der Waals surface area contributed by atoms with Gasteiger partial charge in [-0.25, -0.2) is 0 Å². The molecule has 0 heterocycles. The molecule has 3 N–H and O–H groups in total. The zero-order valence-corrected chi connectivity index (χ0v) is 11.4. The van der Waals surface area contributed by atoms with E-state index < -0.39 is 0 Å². The van der Waals surface area contributed by atoms with Crippen molar-refractivity contribution in [3.05, 3.63) is 23.8 Å².